The summed E-state index contributed by atoms with van der Waals surface area (Å²) in [5.74, 6) is 0. The molecule has 1 aromatic carbocycles. The summed E-state index contributed by atoms with van der Waals surface area (Å²) >= 11 is 6.91. The highest BCUT2D eigenvalue weighted by atomic mass is 79.9. The first-order chi connectivity index (χ1) is 6.73. The Hall–Kier alpha value is 0.140. The van der Waals surface area contributed by atoms with Gasteiger partial charge in [-0.15, -0.1) is 0 Å². The minimum absolute atomic E-state index is 0.200. The van der Waals surface area contributed by atoms with Crippen LogP contribution < -0.4 is 5.73 Å². The minimum Gasteiger partial charge on any atom is -0.321 e. The maximum atomic E-state index is 6.38. The smallest absolute Gasteiger partial charge is 0.0425 e. The Labute approximate surface area is 102 Å². The number of hydrogen-bond acceptors (Lipinski definition) is 1. The lowest BCUT2D eigenvalue weighted by atomic mass is 9.86. The first-order valence-electron chi connectivity index (χ1n) is 4.69. The average Bonchev–Trinajstić information content (AvgIpc) is 2.20. The number of alkyl halides is 2. The number of rotatable bonds is 5. The van der Waals surface area contributed by atoms with Gasteiger partial charge < -0.3 is 5.73 Å². The van der Waals surface area contributed by atoms with E-state index in [9.17, 15) is 0 Å². The number of hydrogen-bond donors (Lipinski definition) is 1. The summed E-state index contributed by atoms with van der Waals surface area (Å²) in [7, 11) is 0. The van der Waals surface area contributed by atoms with E-state index in [1.165, 1.54) is 5.56 Å². The minimum atomic E-state index is -0.200. The zero-order chi connectivity index (χ0) is 10.4. The summed E-state index contributed by atoms with van der Waals surface area (Å²) in [6.07, 6.45) is 1.92. The maximum Gasteiger partial charge on any atom is 0.0425 e. The number of halogens is 2. The van der Waals surface area contributed by atoms with Gasteiger partial charge in [-0.1, -0.05) is 62.2 Å². The molecular weight excluding hydrogens is 306 g/mol. The molecule has 3 heteroatoms. The zero-order valence-corrected chi connectivity index (χ0v) is 11.2. The fraction of sp³-hybridized carbons (Fsp3) is 0.455. The van der Waals surface area contributed by atoms with Crippen molar-refractivity contribution in [2.24, 2.45) is 5.73 Å². The average molecular weight is 321 g/mol. The topological polar surface area (TPSA) is 26.0 Å². The van der Waals surface area contributed by atoms with Gasteiger partial charge in [-0.05, 0) is 18.4 Å². The second-order valence-electron chi connectivity index (χ2n) is 3.40. The molecule has 0 saturated heterocycles. The Morgan fingerprint density at radius 2 is 1.50 bits per heavy atom. The Kier molecular flexibility index (Phi) is 5.13. The van der Waals surface area contributed by atoms with Gasteiger partial charge in [0.1, 0.15) is 0 Å². The van der Waals surface area contributed by atoms with Crippen LogP contribution in [0.3, 0.4) is 0 Å². The van der Waals surface area contributed by atoms with Crippen molar-refractivity contribution in [2.45, 2.75) is 18.4 Å². The van der Waals surface area contributed by atoms with Crippen molar-refractivity contribution in [1.29, 1.82) is 0 Å². The fourth-order valence-electron chi connectivity index (χ4n) is 1.52. The second-order valence-corrected chi connectivity index (χ2v) is 4.99. The molecule has 0 radical (unpaired) electrons. The highest BCUT2D eigenvalue weighted by molar-refractivity contribution is 9.09. The van der Waals surface area contributed by atoms with Gasteiger partial charge in [0, 0.05) is 16.2 Å². The van der Waals surface area contributed by atoms with Crippen molar-refractivity contribution in [2.75, 3.05) is 10.7 Å². The number of nitrogens with two attached hydrogens (primary N) is 1. The second kappa shape index (κ2) is 5.89. The van der Waals surface area contributed by atoms with E-state index in [4.69, 9.17) is 5.73 Å². The van der Waals surface area contributed by atoms with Crippen LogP contribution in [0.25, 0.3) is 0 Å². The highest BCUT2D eigenvalue weighted by Gasteiger charge is 2.25. The molecule has 0 bridgehead atoms. The SMILES string of the molecule is NC(CCBr)(CCBr)c1ccccc1. The van der Waals surface area contributed by atoms with Crippen LogP contribution >= 0.6 is 31.9 Å². The zero-order valence-electron chi connectivity index (χ0n) is 8.05. The molecule has 0 spiro atoms. The van der Waals surface area contributed by atoms with Crippen molar-refractivity contribution < 1.29 is 0 Å². The van der Waals surface area contributed by atoms with Crippen molar-refractivity contribution >= 4 is 31.9 Å². The normalized spacial score (nSPS) is 11.6. The van der Waals surface area contributed by atoms with Crippen LogP contribution in [0.15, 0.2) is 30.3 Å². The quantitative estimate of drug-likeness (QED) is 0.827. The Morgan fingerprint density at radius 3 is 1.93 bits per heavy atom. The summed E-state index contributed by atoms with van der Waals surface area (Å²) in [6, 6.07) is 10.3. The van der Waals surface area contributed by atoms with E-state index in [2.05, 4.69) is 44.0 Å². The Bertz CT molecular complexity index is 255. The predicted octanol–water partition coefficient (Wildman–Crippen LogP) is 3.41. The molecule has 0 saturated carbocycles. The molecule has 0 fully saturated rings. The Morgan fingerprint density at radius 1 is 1.00 bits per heavy atom. The molecule has 0 aromatic heterocycles. The molecule has 1 aromatic rings. The van der Waals surface area contributed by atoms with Gasteiger partial charge in [-0.25, -0.2) is 0 Å². The molecule has 0 unspecified atom stereocenters. The van der Waals surface area contributed by atoms with Gasteiger partial charge in [0.15, 0.2) is 0 Å². The van der Waals surface area contributed by atoms with Crippen LogP contribution in [0.5, 0.6) is 0 Å². The largest absolute Gasteiger partial charge is 0.321 e. The van der Waals surface area contributed by atoms with Gasteiger partial charge >= 0.3 is 0 Å². The molecule has 0 amide bonds. The first kappa shape index (κ1) is 12.2. The maximum absolute atomic E-state index is 6.38. The summed E-state index contributed by atoms with van der Waals surface area (Å²) in [5.41, 5.74) is 7.40. The van der Waals surface area contributed by atoms with Crippen molar-refractivity contribution in [3.05, 3.63) is 35.9 Å². The van der Waals surface area contributed by atoms with E-state index >= 15 is 0 Å². The van der Waals surface area contributed by atoms with Crippen LogP contribution in [-0.2, 0) is 5.54 Å². The third-order valence-corrected chi connectivity index (χ3v) is 3.22. The Balaban J connectivity index is 2.87. The molecule has 0 aliphatic heterocycles. The van der Waals surface area contributed by atoms with Crippen LogP contribution in [0.4, 0.5) is 0 Å². The molecule has 14 heavy (non-hydrogen) atoms. The summed E-state index contributed by atoms with van der Waals surface area (Å²) in [4.78, 5) is 0. The monoisotopic (exact) mass is 319 g/mol. The van der Waals surface area contributed by atoms with Crippen molar-refractivity contribution in [1.82, 2.24) is 0 Å². The molecule has 0 heterocycles. The first-order valence-corrected chi connectivity index (χ1v) is 6.93. The molecule has 1 rings (SSSR count). The summed E-state index contributed by atoms with van der Waals surface area (Å²) in [5, 5.41) is 1.87. The lowest BCUT2D eigenvalue weighted by Crippen LogP contribution is -2.37. The van der Waals surface area contributed by atoms with E-state index < -0.39 is 0 Å². The van der Waals surface area contributed by atoms with Crippen LogP contribution in [-0.4, -0.2) is 10.7 Å². The van der Waals surface area contributed by atoms with Gasteiger partial charge in [0.2, 0.25) is 0 Å². The van der Waals surface area contributed by atoms with E-state index in [0.717, 1.165) is 23.5 Å². The molecule has 0 aliphatic rings. The van der Waals surface area contributed by atoms with Crippen LogP contribution in [0, 0.1) is 0 Å². The molecule has 1 nitrogen and oxygen atoms in total. The molecule has 2 N–H and O–H groups in total. The molecule has 78 valence electrons. The standard InChI is InChI=1S/C11H15Br2N/c12-8-6-11(14,7-9-13)10-4-2-1-3-5-10/h1-5H,6-9,14H2. The molecule has 0 atom stereocenters. The van der Waals surface area contributed by atoms with Crippen molar-refractivity contribution in [3.63, 3.8) is 0 Å². The van der Waals surface area contributed by atoms with E-state index in [1.54, 1.807) is 0 Å². The molecular formula is C11H15Br2N. The lowest BCUT2D eigenvalue weighted by molar-refractivity contribution is 0.422. The van der Waals surface area contributed by atoms with Crippen molar-refractivity contribution in [3.8, 4) is 0 Å². The fourth-order valence-corrected chi connectivity index (χ4v) is 2.94. The van der Waals surface area contributed by atoms with E-state index in [0.29, 0.717) is 0 Å². The summed E-state index contributed by atoms with van der Waals surface area (Å²) < 4.78 is 0. The van der Waals surface area contributed by atoms with Gasteiger partial charge in [-0.3, -0.25) is 0 Å². The summed E-state index contributed by atoms with van der Waals surface area (Å²) in [6.45, 7) is 0. The van der Waals surface area contributed by atoms with Gasteiger partial charge in [-0.2, -0.15) is 0 Å². The van der Waals surface area contributed by atoms with E-state index in [1.807, 2.05) is 18.2 Å². The molecule has 0 aliphatic carbocycles. The van der Waals surface area contributed by atoms with Gasteiger partial charge in [0.05, 0.1) is 0 Å². The lowest BCUT2D eigenvalue weighted by Gasteiger charge is -2.28. The van der Waals surface area contributed by atoms with E-state index in [-0.39, 0.29) is 5.54 Å². The third kappa shape index (κ3) is 3.07. The van der Waals surface area contributed by atoms with Gasteiger partial charge in [0.25, 0.3) is 0 Å². The highest BCUT2D eigenvalue weighted by Crippen LogP contribution is 2.27. The number of benzene rings is 1. The third-order valence-electron chi connectivity index (χ3n) is 2.43. The van der Waals surface area contributed by atoms with Crippen LogP contribution in [0.2, 0.25) is 0 Å². The predicted molar refractivity (Wildman–Crippen MR) is 69.1 cm³/mol. The van der Waals surface area contributed by atoms with Crippen LogP contribution in [0.1, 0.15) is 18.4 Å².